The van der Waals surface area contributed by atoms with Crippen LogP contribution in [0, 0.1) is 6.92 Å². The number of hydrogen-bond donors (Lipinski definition) is 1. The summed E-state index contributed by atoms with van der Waals surface area (Å²) in [6, 6.07) is 12.5. The maximum absolute atomic E-state index is 12.3. The van der Waals surface area contributed by atoms with Crippen LogP contribution in [0.15, 0.2) is 42.5 Å². The second-order valence-corrected chi connectivity index (χ2v) is 4.26. The van der Waals surface area contributed by atoms with Crippen LogP contribution in [-0.2, 0) is 0 Å². The van der Waals surface area contributed by atoms with Gasteiger partial charge in [0.1, 0.15) is 5.76 Å². The van der Waals surface area contributed by atoms with E-state index in [0.717, 1.165) is 5.69 Å². The van der Waals surface area contributed by atoms with Gasteiger partial charge in [0.2, 0.25) is 0 Å². The Morgan fingerprint density at radius 1 is 1.00 bits per heavy atom. The van der Waals surface area contributed by atoms with Crippen molar-refractivity contribution in [1.82, 2.24) is 4.98 Å². The van der Waals surface area contributed by atoms with Crippen molar-refractivity contribution in [2.75, 3.05) is 0 Å². The number of Topliss-reactive ketones (excluding diaryl/α,β-unsaturated/α-hetero) is 1. The van der Waals surface area contributed by atoms with Gasteiger partial charge in [-0.1, -0.05) is 30.3 Å². The highest BCUT2D eigenvalue weighted by atomic mass is 16.3. The number of hydrogen-bond acceptors (Lipinski definition) is 3. The summed E-state index contributed by atoms with van der Waals surface area (Å²) in [7, 11) is 0. The summed E-state index contributed by atoms with van der Waals surface area (Å²) in [6.45, 7) is 1.85. The lowest BCUT2D eigenvalue weighted by Gasteiger charge is -2.02. The smallest absolute Gasteiger partial charge is 0.199 e. The van der Waals surface area contributed by atoms with Crippen molar-refractivity contribution in [3.05, 3.63) is 65.0 Å². The van der Waals surface area contributed by atoms with Crippen LogP contribution in [0.4, 0.5) is 0 Å². The van der Waals surface area contributed by atoms with E-state index in [-0.39, 0.29) is 11.5 Å². The molecule has 1 aromatic heterocycles. The number of ketones is 1. The third kappa shape index (κ3) is 1.44. The molecule has 1 aliphatic carbocycles. The minimum Gasteiger partial charge on any atom is -0.506 e. The number of rotatable bonds is 1. The molecular formula is C15H11NO2. The van der Waals surface area contributed by atoms with Gasteiger partial charge in [0, 0.05) is 16.8 Å². The van der Waals surface area contributed by atoms with Crippen LogP contribution in [0.3, 0.4) is 0 Å². The average Bonchev–Trinajstić information content (AvgIpc) is 2.63. The van der Waals surface area contributed by atoms with Crippen LogP contribution in [-0.4, -0.2) is 15.9 Å². The Hall–Kier alpha value is -2.42. The summed E-state index contributed by atoms with van der Waals surface area (Å²) in [5.74, 6) is -0.144. The number of pyridine rings is 1. The van der Waals surface area contributed by atoms with Gasteiger partial charge in [0.05, 0.1) is 11.3 Å². The first-order chi connectivity index (χ1) is 8.68. The van der Waals surface area contributed by atoms with E-state index in [1.165, 1.54) is 0 Å². The van der Waals surface area contributed by atoms with Gasteiger partial charge in [0.15, 0.2) is 5.78 Å². The largest absolute Gasteiger partial charge is 0.506 e. The molecular weight excluding hydrogens is 226 g/mol. The predicted molar refractivity (Wildman–Crippen MR) is 69.2 cm³/mol. The monoisotopic (exact) mass is 237 g/mol. The number of aryl methyl sites for hydroxylation is 1. The Bertz CT molecular complexity index is 686. The fourth-order valence-corrected chi connectivity index (χ4v) is 2.18. The molecule has 1 aliphatic rings. The van der Waals surface area contributed by atoms with Gasteiger partial charge in [-0.3, -0.25) is 9.78 Å². The molecule has 18 heavy (non-hydrogen) atoms. The highest BCUT2D eigenvalue weighted by molar-refractivity contribution is 6.38. The highest BCUT2D eigenvalue weighted by Crippen LogP contribution is 2.35. The van der Waals surface area contributed by atoms with Crippen LogP contribution in [0.2, 0.25) is 0 Å². The number of fused-ring (bicyclic) bond motifs is 1. The van der Waals surface area contributed by atoms with Crippen LogP contribution in [0.25, 0.3) is 11.3 Å². The molecule has 0 unspecified atom stereocenters. The van der Waals surface area contributed by atoms with Crippen molar-refractivity contribution in [1.29, 1.82) is 0 Å². The zero-order valence-corrected chi connectivity index (χ0v) is 9.84. The van der Waals surface area contributed by atoms with E-state index in [4.69, 9.17) is 0 Å². The topological polar surface area (TPSA) is 50.2 Å². The lowest BCUT2D eigenvalue weighted by atomic mass is 10.1. The molecule has 3 heteroatoms. The molecule has 1 aromatic carbocycles. The van der Waals surface area contributed by atoms with Crippen molar-refractivity contribution in [2.24, 2.45) is 0 Å². The molecule has 2 aromatic rings. The Balaban J connectivity index is 2.21. The zero-order valence-electron chi connectivity index (χ0n) is 9.84. The van der Waals surface area contributed by atoms with Gasteiger partial charge in [-0.05, 0) is 19.1 Å². The number of nitrogens with zero attached hydrogens (tertiary/aromatic N) is 1. The average molecular weight is 237 g/mol. The molecule has 0 atom stereocenters. The van der Waals surface area contributed by atoms with Crippen LogP contribution >= 0.6 is 0 Å². The Kier molecular flexibility index (Phi) is 2.27. The SMILES string of the molecule is Cc1cccc(C2=C(O)c3ccccc3C2=O)n1. The molecule has 0 saturated carbocycles. The van der Waals surface area contributed by atoms with E-state index in [1.54, 1.807) is 30.3 Å². The molecule has 0 radical (unpaired) electrons. The second kappa shape index (κ2) is 3.81. The number of aromatic nitrogens is 1. The lowest BCUT2D eigenvalue weighted by Crippen LogP contribution is -2.00. The normalized spacial score (nSPS) is 13.9. The van der Waals surface area contributed by atoms with Crippen molar-refractivity contribution in [3.63, 3.8) is 0 Å². The van der Waals surface area contributed by atoms with Gasteiger partial charge < -0.3 is 5.11 Å². The van der Waals surface area contributed by atoms with E-state index in [0.29, 0.717) is 22.4 Å². The molecule has 3 nitrogen and oxygen atoms in total. The summed E-state index contributed by atoms with van der Waals surface area (Å²) >= 11 is 0. The first-order valence-electron chi connectivity index (χ1n) is 5.70. The van der Waals surface area contributed by atoms with E-state index < -0.39 is 0 Å². The van der Waals surface area contributed by atoms with Crippen LogP contribution in [0.5, 0.6) is 0 Å². The van der Waals surface area contributed by atoms with E-state index in [9.17, 15) is 9.90 Å². The van der Waals surface area contributed by atoms with E-state index in [2.05, 4.69) is 4.98 Å². The fourth-order valence-electron chi connectivity index (χ4n) is 2.18. The number of carbonyl (C=O) groups excluding carboxylic acids is 1. The van der Waals surface area contributed by atoms with Gasteiger partial charge in [-0.2, -0.15) is 0 Å². The molecule has 0 bridgehead atoms. The standard InChI is InChI=1S/C15H11NO2/c1-9-5-4-8-12(16-9)13-14(17)10-6-2-3-7-11(10)15(13)18/h2-8,17H,1H3. The summed E-state index contributed by atoms with van der Waals surface area (Å²) in [5.41, 5.74) is 2.75. The maximum atomic E-state index is 12.3. The van der Waals surface area contributed by atoms with Crippen molar-refractivity contribution < 1.29 is 9.90 Å². The summed E-state index contributed by atoms with van der Waals surface area (Å²) < 4.78 is 0. The number of allylic oxidation sites excluding steroid dienone is 1. The number of carbonyl (C=O) groups is 1. The minimum absolute atomic E-state index is 0.0219. The number of aliphatic hydroxyl groups is 1. The fraction of sp³-hybridized carbons (Fsp3) is 0.0667. The van der Waals surface area contributed by atoms with Crippen LogP contribution < -0.4 is 0 Å². The van der Waals surface area contributed by atoms with E-state index in [1.807, 2.05) is 19.1 Å². The first-order valence-corrected chi connectivity index (χ1v) is 5.70. The molecule has 88 valence electrons. The first kappa shape index (κ1) is 10.7. The maximum Gasteiger partial charge on any atom is 0.199 e. The van der Waals surface area contributed by atoms with Crippen molar-refractivity contribution in [3.8, 4) is 0 Å². The second-order valence-electron chi connectivity index (χ2n) is 4.26. The lowest BCUT2D eigenvalue weighted by molar-refractivity contribution is 0.105. The molecule has 0 spiro atoms. The molecule has 1 N–H and O–H groups in total. The molecule has 0 aliphatic heterocycles. The van der Waals surface area contributed by atoms with Gasteiger partial charge in [-0.25, -0.2) is 0 Å². The quantitative estimate of drug-likeness (QED) is 0.829. The zero-order chi connectivity index (χ0) is 12.7. The summed E-state index contributed by atoms with van der Waals surface area (Å²) in [5, 5.41) is 10.2. The molecule has 0 saturated heterocycles. The molecule has 1 heterocycles. The van der Waals surface area contributed by atoms with Gasteiger partial charge >= 0.3 is 0 Å². The molecule has 0 fully saturated rings. The number of aliphatic hydroxyl groups excluding tert-OH is 1. The Labute approximate surface area is 104 Å². The highest BCUT2D eigenvalue weighted by Gasteiger charge is 2.30. The van der Waals surface area contributed by atoms with Crippen molar-refractivity contribution in [2.45, 2.75) is 6.92 Å². The molecule has 0 amide bonds. The summed E-state index contributed by atoms with van der Waals surface area (Å²) in [4.78, 5) is 16.6. The van der Waals surface area contributed by atoms with Gasteiger partial charge in [0.25, 0.3) is 0 Å². The summed E-state index contributed by atoms with van der Waals surface area (Å²) in [6.07, 6.45) is 0. The predicted octanol–water partition coefficient (Wildman–Crippen LogP) is 3.01. The molecule has 3 rings (SSSR count). The third-order valence-electron chi connectivity index (χ3n) is 3.04. The Morgan fingerprint density at radius 2 is 1.72 bits per heavy atom. The van der Waals surface area contributed by atoms with Crippen molar-refractivity contribution >= 4 is 17.1 Å². The van der Waals surface area contributed by atoms with Crippen LogP contribution in [0.1, 0.15) is 27.3 Å². The van der Waals surface area contributed by atoms with Gasteiger partial charge in [-0.15, -0.1) is 0 Å². The number of benzene rings is 1. The van der Waals surface area contributed by atoms with E-state index >= 15 is 0 Å². The minimum atomic E-state index is -0.166. The Morgan fingerprint density at radius 3 is 2.39 bits per heavy atom. The third-order valence-corrected chi connectivity index (χ3v) is 3.04.